The van der Waals surface area contributed by atoms with E-state index in [0.29, 0.717) is 0 Å². The number of halogens is 1. The largest absolute Gasteiger partial charge is 0.377 e. The third kappa shape index (κ3) is 2.49. The van der Waals surface area contributed by atoms with Crippen molar-refractivity contribution in [3.05, 3.63) is 59.3 Å². The Balaban J connectivity index is 1.96. The number of aryl methyl sites for hydroxylation is 2. The number of pyridine rings is 1. The number of rotatable bonds is 3. The zero-order valence-corrected chi connectivity index (χ0v) is 12.4. The maximum absolute atomic E-state index is 13.0. The van der Waals surface area contributed by atoms with Crippen LogP contribution in [0.1, 0.15) is 29.9 Å². The lowest BCUT2D eigenvalue weighted by molar-refractivity contribution is 0.628. The van der Waals surface area contributed by atoms with Crippen LogP contribution < -0.4 is 5.32 Å². The molecule has 0 amide bonds. The molecule has 3 aromatic rings. The van der Waals surface area contributed by atoms with Crippen LogP contribution in [-0.2, 0) is 0 Å². The van der Waals surface area contributed by atoms with Gasteiger partial charge in [-0.2, -0.15) is 0 Å². The molecule has 0 radical (unpaired) electrons. The molecule has 0 saturated heterocycles. The second-order valence-electron chi connectivity index (χ2n) is 5.37. The molecule has 2 heterocycles. The molecule has 3 rings (SSSR count). The van der Waals surface area contributed by atoms with E-state index in [9.17, 15) is 4.39 Å². The van der Waals surface area contributed by atoms with Gasteiger partial charge < -0.3 is 10.3 Å². The van der Waals surface area contributed by atoms with Crippen LogP contribution in [0.4, 0.5) is 10.1 Å². The summed E-state index contributed by atoms with van der Waals surface area (Å²) in [5.74, 6) is -0.232. The number of nitrogens with one attached hydrogen (secondary N) is 2. The second kappa shape index (κ2) is 5.20. The fraction of sp³-hybridized carbons (Fsp3) is 0.235. The summed E-state index contributed by atoms with van der Waals surface area (Å²) in [6.45, 7) is 6.23. The highest BCUT2D eigenvalue weighted by atomic mass is 19.1. The molecule has 3 nitrogen and oxygen atoms in total. The standard InChI is InChI=1S/C17H18FN3/c1-10-11(2)21-17-15(10)8-9-19-16(17)12(3)20-14-6-4-13(18)5-7-14/h4-9,12,20-21H,1-3H3. The molecule has 0 aliphatic carbocycles. The third-order valence-electron chi connectivity index (χ3n) is 3.90. The summed E-state index contributed by atoms with van der Waals surface area (Å²) >= 11 is 0. The Kier molecular flexibility index (Phi) is 3.37. The van der Waals surface area contributed by atoms with Crippen molar-refractivity contribution in [1.29, 1.82) is 0 Å². The molecular weight excluding hydrogens is 265 g/mol. The molecule has 0 fully saturated rings. The van der Waals surface area contributed by atoms with Gasteiger partial charge in [0.25, 0.3) is 0 Å². The van der Waals surface area contributed by atoms with E-state index in [1.54, 1.807) is 12.1 Å². The van der Waals surface area contributed by atoms with E-state index in [1.807, 2.05) is 12.3 Å². The highest BCUT2D eigenvalue weighted by Crippen LogP contribution is 2.27. The first kappa shape index (κ1) is 13.6. The van der Waals surface area contributed by atoms with E-state index >= 15 is 0 Å². The molecule has 0 saturated carbocycles. The minimum Gasteiger partial charge on any atom is -0.377 e. The van der Waals surface area contributed by atoms with E-state index in [1.165, 1.54) is 23.1 Å². The number of hydrogen-bond acceptors (Lipinski definition) is 2. The van der Waals surface area contributed by atoms with E-state index < -0.39 is 0 Å². The van der Waals surface area contributed by atoms with Gasteiger partial charge in [0.15, 0.2) is 0 Å². The van der Waals surface area contributed by atoms with Crippen molar-refractivity contribution in [2.24, 2.45) is 0 Å². The van der Waals surface area contributed by atoms with Crippen LogP contribution in [0.5, 0.6) is 0 Å². The number of nitrogens with zero attached hydrogens (tertiary/aromatic N) is 1. The highest BCUT2D eigenvalue weighted by molar-refractivity contribution is 5.86. The van der Waals surface area contributed by atoms with E-state index in [-0.39, 0.29) is 11.9 Å². The number of anilines is 1. The van der Waals surface area contributed by atoms with Crippen molar-refractivity contribution in [2.75, 3.05) is 5.32 Å². The maximum Gasteiger partial charge on any atom is 0.123 e. The minimum atomic E-state index is -0.232. The van der Waals surface area contributed by atoms with Gasteiger partial charge in [-0.15, -0.1) is 0 Å². The van der Waals surface area contributed by atoms with Crippen LogP contribution in [0.15, 0.2) is 36.5 Å². The Hall–Kier alpha value is -2.36. The van der Waals surface area contributed by atoms with Crippen molar-refractivity contribution >= 4 is 16.6 Å². The average Bonchev–Trinajstić information content (AvgIpc) is 2.77. The highest BCUT2D eigenvalue weighted by Gasteiger charge is 2.14. The summed E-state index contributed by atoms with van der Waals surface area (Å²) in [5.41, 5.74) is 5.32. The zero-order chi connectivity index (χ0) is 15.0. The molecular formula is C17H18FN3. The molecule has 1 atom stereocenters. The van der Waals surface area contributed by atoms with Crippen LogP contribution in [-0.4, -0.2) is 9.97 Å². The van der Waals surface area contributed by atoms with Crippen molar-refractivity contribution in [3.63, 3.8) is 0 Å². The molecule has 0 bridgehead atoms. The Morgan fingerprint density at radius 2 is 1.86 bits per heavy atom. The van der Waals surface area contributed by atoms with Crippen molar-refractivity contribution in [3.8, 4) is 0 Å². The molecule has 108 valence electrons. The van der Waals surface area contributed by atoms with Gasteiger partial charge in [0.05, 0.1) is 17.3 Å². The van der Waals surface area contributed by atoms with Gasteiger partial charge in [-0.3, -0.25) is 4.98 Å². The SMILES string of the molecule is Cc1[nH]c2c(C(C)Nc3ccc(F)cc3)nccc2c1C. The lowest BCUT2D eigenvalue weighted by atomic mass is 10.1. The van der Waals surface area contributed by atoms with Crippen LogP contribution in [0.3, 0.4) is 0 Å². The fourth-order valence-electron chi connectivity index (χ4n) is 2.60. The Morgan fingerprint density at radius 1 is 1.14 bits per heavy atom. The maximum atomic E-state index is 13.0. The van der Waals surface area contributed by atoms with Crippen molar-refractivity contribution in [2.45, 2.75) is 26.8 Å². The predicted molar refractivity (Wildman–Crippen MR) is 84.0 cm³/mol. The van der Waals surface area contributed by atoms with Gasteiger partial charge in [-0.25, -0.2) is 4.39 Å². The molecule has 2 N–H and O–H groups in total. The summed E-state index contributed by atoms with van der Waals surface area (Å²) in [6.07, 6.45) is 1.83. The predicted octanol–water partition coefficient (Wildman–Crippen LogP) is 4.49. The summed E-state index contributed by atoms with van der Waals surface area (Å²) < 4.78 is 13.0. The Labute approximate surface area is 123 Å². The van der Waals surface area contributed by atoms with Gasteiger partial charge in [0, 0.05) is 23.0 Å². The summed E-state index contributed by atoms with van der Waals surface area (Å²) in [7, 11) is 0. The van der Waals surface area contributed by atoms with Crippen molar-refractivity contribution in [1.82, 2.24) is 9.97 Å². The topological polar surface area (TPSA) is 40.7 Å². The number of hydrogen-bond donors (Lipinski definition) is 2. The number of aromatic nitrogens is 2. The summed E-state index contributed by atoms with van der Waals surface area (Å²) in [5, 5.41) is 4.56. The van der Waals surface area contributed by atoms with Crippen LogP contribution in [0.2, 0.25) is 0 Å². The van der Waals surface area contributed by atoms with E-state index in [4.69, 9.17) is 0 Å². The first-order valence-electron chi connectivity index (χ1n) is 7.02. The van der Waals surface area contributed by atoms with Gasteiger partial charge in [0.2, 0.25) is 0 Å². The first-order valence-corrected chi connectivity index (χ1v) is 7.02. The first-order chi connectivity index (χ1) is 10.1. The lowest BCUT2D eigenvalue weighted by Gasteiger charge is -2.15. The van der Waals surface area contributed by atoms with Gasteiger partial charge in [0.1, 0.15) is 5.82 Å². The van der Waals surface area contributed by atoms with Gasteiger partial charge in [-0.05, 0) is 56.7 Å². The molecule has 4 heteroatoms. The van der Waals surface area contributed by atoms with E-state index in [0.717, 1.165) is 22.6 Å². The lowest BCUT2D eigenvalue weighted by Crippen LogP contribution is -2.09. The van der Waals surface area contributed by atoms with E-state index in [2.05, 4.69) is 36.1 Å². The second-order valence-corrected chi connectivity index (χ2v) is 5.37. The number of benzene rings is 1. The fourth-order valence-corrected chi connectivity index (χ4v) is 2.60. The Morgan fingerprint density at radius 3 is 2.57 bits per heavy atom. The van der Waals surface area contributed by atoms with Crippen LogP contribution in [0, 0.1) is 19.7 Å². The summed E-state index contributed by atoms with van der Waals surface area (Å²) in [6, 6.07) is 8.42. The molecule has 0 aliphatic rings. The van der Waals surface area contributed by atoms with Gasteiger partial charge >= 0.3 is 0 Å². The smallest absolute Gasteiger partial charge is 0.123 e. The summed E-state index contributed by atoms with van der Waals surface area (Å²) in [4.78, 5) is 7.92. The Bertz CT molecular complexity index is 775. The molecule has 0 spiro atoms. The average molecular weight is 283 g/mol. The molecule has 21 heavy (non-hydrogen) atoms. The molecule has 2 aromatic heterocycles. The van der Waals surface area contributed by atoms with Crippen molar-refractivity contribution < 1.29 is 4.39 Å². The number of H-pyrrole nitrogens is 1. The van der Waals surface area contributed by atoms with Gasteiger partial charge in [-0.1, -0.05) is 0 Å². The number of fused-ring (bicyclic) bond motifs is 1. The number of aromatic amines is 1. The minimum absolute atomic E-state index is 0.0246. The molecule has 1 unspecified atom stereocenters. The quantitative estimate of drug-likeness (QED) is 0.743. The van der Waals surface area contributed by atoms with Crippen LogP contribution in [0.25, 0.3) is 10.9 Å². The van der Waals surface area contributed by atoms with Crippen LogP contribution >= 0.6 is 0 Å². The zero-order valence-electron chi connectivity index (χ0n) is 12.4. The third-order valence-corrected chi connectivity index (χ3v) is 3.90. The molecule has 1 aromatic carbocycles. The molecule has 0 aliphatic heterocycles. The normalized spacial score (nSPS) is 12.6. The monoisotopic (exact) mass is 283 g/mol.